The van der Waals surface area contributed by atoms with Gasteiger partial charge in [-0.25, -0.2) is 4.39 Å². The molecule has 1 aliphatic rings. The highest BCUT2D eigenvalue weighted by Gasteiger charge is 2.25. The van der Waals surface area contributed by atoms with E-state index in [9.17, 15) is 9.18 Å². The molecule has 0 aromatic heterocycles. The summed E-state index contributed by atoms with van der Waals surface area (Å²) in [6, 6.07) is 16.1. The van der Waals surface area contributed by atoms with Crippen molar-refractivity contribution in [1.29, 1.82) is 0 Å². The Bertz CT molecular complexity index is 804. The number of rotatable bonds is 6. The average molecular weight is 528 g/mol. The molecule has 0 spiro atoms. The van der Waals surface area contributed by atoms with Crippen molar-refractivity contribution in [2.75, 3.05) is 37.8 Å². The summed E-state index contributed by atoms with van der Waals surface area (Å²) in [7, 11) is 1.73. The number of hydrogen-bond acceptors (Lipinski definition) is 3. The summed E-state index contributed by atoms with van der Waals surface area (Å²) in [5.41, 5.74) is 0.572. The predicted octanol–water partition coefficient (Wildman–Crippen LogP) is 4.07. The van der Waals surface area contributed by atoms with Gasteiger partial charge in [-0.2, -0.15) is 0 Å². The average Bonchev–Trinajstić information content (AvgIpc) is 3.18. The number of halogens is 2. The quantitative estimate of drug-likeness (QED) is 0.257. The van der Waals surface area contributed by atoms with Crippen molar-refractivity contribution in [3.63, 3.8) is 0 Å². The topological polar surface area (TPSA) is 56.7 Å². The zero-order chi connectivity index (χ0) is 19.8. The molecule has 1 unspecified atom stereocenters. The second-order valence-electron chi connectivity index (χ2n) is 6.68. The van der Waals surface area contributed by atoms with Gasteiger partial charge in [0.15, 0.2) is 5.96 Å². The Morgan fingerprint density at radius 1 is 1.21 bits per heavy atom. The molecule has 0 saturated carbocycles. The number of aliphatic imine (C=N–C) groups is 1. The molecule has 2 aromatic carbocycles. The monoisotopic (exact) mass is 528 g/mol. The van der Waals surface area contributed by atoms with Crippen LogP contribution in [0.5, 0.6) is 0 Å². The summed E-state index contributed by atoms with van der Waals surface area (Å²) < 4.78 is 12.9. The molecule has 3 rings (SSSR count). The smallest absolute Gasteiger partial charge is 0.243 e. The van der Waals surface area contributed by atoms with Gasteiger partial charge >= 0.3 is 0 Å². The van der Waals surface area contributed by atoms with Crippen molar-refractivity contribution < 1.29 is 9.18 Å². The maximum atomic E-state index is 12.9. The van der Waals surface area contributed by atoms with E-state index >= 15 is 0 Å². The van der Waals surface area contributed by atoms with E-state index in [-0.39, 0.29) is 42.2 Å². The van der Waals surface area contributed by atoms with Gasteiger partial charge in [0.05, 0.1) is 6.54 Å². The largest absolute Gasteiger partial charge is 0.347 e. The van der Waals surface area contributed by atoms with E-state index in [0.717, 1.165) is 31.2 Å². The van der Waals surface area contributed by atoms with Crippen LogP contribution >= 0.6 is 35.7 Å². The van der Waals surface area contributed by atoms with Gasteiger partial charge in [-0.1, -0.05) is 18.2 Å². The van der Waals surface area contributed by atoms with Crippen LogP contribution in [-0.2, 0) is 4.79 Å². The Labute approximate surface area is 192 Å². The van der Waals surface area contributed by atoms with Crippen molar-refractivity contribution in [3.05, 3.63) is 60.4 Å². The summed E-state index contributed by atoms with van der Waals surface area (Å²) in [5.74, 6) is 1.88. The third-order valence-electron chi connectivity index (χ3n) is 4.56. The van der Waals surface area contributed by atoms with Crippen LogP contribution in [0, 0.1) is 11.7 Å². The van der Waals surface area contributed by atoms with Crippen LogP contribution in [0.15, 0.2) is 64.5 Å². The number of guanidine groups is 1. The van der Waals surface area contributed by atoms with Crippen LogP contribution in [-0.4, -0.2) is 49.2 Å². The van der Waals surface area contributed by atoms with Crippen LogP contribution in [0.4, 0.5) is 10.1 Å². The summed E-state index contributed by atoms with van der Waals surface area (Å²) >= 11 is 1.88. The third-order valence-corrected chi connectivity index (χ3v) is 5.80. The Morgan fingerprint density at radius 2 is 1.93 bits per heavy atom. The lowest BCUT2D eigenvalue weighted by atomic mass is 10.2. The maximum Gasteiger partial charge on any atom is 0.243 e. The first kappa shape index (κ1) is 23.5. The van der Waals surface area contributed by atoms with E-state index in [2.05, 4.69) is 44.8 Å². The van der Waals surface area contributed by atoms with E-state index in [0.29, 0.717) is 11.6 Å². The SMILES string of the molecule is CN=C(NCC(=O)Nc1ccc(F)cc1)N1CCC(CSc2ccccc2)C1.I. The molecule has 1 saturated heterocycles. The minimum Gasteiger partial charge on any atom is -0.347 e. The van der Waals surface area contributed by atoms with E-state index in [4.69, 9.17) is 0 Å². The number of thioether (sulfide) groups is 1. The first-order valence-corrected chi connectivity index (χ1v) is 10.3. The number of carbonyl (C=O) groups excluding carboxylic acids is 1. The fourth-order valence-electron chi connectivity index (χ4n) is 3.12. The van der Waals surface area contributed by atoms with Gasteiger partial charge in [-0.05, 0) is 48.7 Å². The molecule has 2 N–H and O–H groups in total. The molecule has 5 nitrogen and oxygen atoms in total. The van der Waals surface area contributed by atoms with Gasteiger partial charge < -0.3 is 15.5 Å². The molecule has 29 heavy (non-hydrogen) atoms. The van der Waals surface area contributed by atoms with Gasteiger partial charge in [0.25, 0.3) is 0 Å². The lowest BCUT2D eigenvalue weighted by Crippen LogP contribution is -2.43. The highest BCUT2D eigenvalue weighted by atomic mass is 127. The fourth-order valence-corrected chi connectivity index (χ4v) is 4.17. The molecule has 1 atom stereocenters. The zero-order valence-electron chi connectivity index (χ0n) is 16.3. The van der Waals surface area contributed by atoms with E-state index in [1.807, 2.05) is 17.8 Å². The lowest BCUT2D eigenvalue weighted by molar-refractivity contribution is -0.115. The third kappa shape index (κ3) is 7.50. The molecule has 0 bridgehead atoms. The van der Waals surface area contributed by atoms with Gasteiger partial charge in [0, 0.05) is 36.5 Å². The Kier molecular flexibility index (Phi) is 9.72. The Hall–Kier alpha value is -1.81. The number of benzene rings is 2. The summed E-state index contributed by atoms with van der Waals surface area (Å²) in [5, 5.41) is 5.86. The molecule has 8 heteroatoms. The van der Waals surface area contributed by atoms with E-state index in [1.54, 1.807) is 7.05 Å². The van der Waals surface area contributed by atoms with Crippen LogP contribution in [0.1, 0.15) is 6.42 Å². The maximum absolute atomic E-state index is 12.9. The number of carbonyl (C=O) groups is 1. The van der Waals surface area contributed by atoms with E-state index < -0.39 is 0 Å². The molecule has 1 fully saturated rings. The molecule has 0 aliphatic carbocycles. The number of likely N-dealkylation sites (tertiary alicyclic amines) is 1. The highest BCUT2D eigenvalue weighted by molar-refractivity contribution is 14.0. The molecule has 156 valence electrons. The molecule has 1 heterocycles. The molecule has 0 radical (unpaired) electrons. The molecular formula is C21H26FIN4OS. The molecule has 1 amide bonds. The van der Waals surface area contributed by atoms with Crippen molar-refractivity contribution in [1.82, 2.24) is 10.2 Å². The molecule has 1 aliphatic heterocycles. The minimum absolute atomic E-state index is 0. The van der Waals surface area contributed by atoms with Gasteiger partial charge in [0.2, 0.25) is 5.91 Å². The zero-order valence-corrected chi connectivity index (χ0v) is 19.5. The number of nitrogens with one attached hydrogen (secondary N) is 2. The van der Waals surface area contributed by atoms with Crippen molar-refractivity contribution in [3.8, 4) is 0 Å². The predicted molar refractivity (Wildman–Crippen MR) is 129 cm³/mol. The first-order chi connectivity index (χ1) is 13.6. The summed E-state index contributed by atoms with van der Waals surface area (Å²) in [6.07, 6.45) is 1.11. The molecular weight excluding hydrogens is 502 g/mol. The summed E-state index contributed by atoms with van der Waals surface area (Å²) in [6.45, 7) is 1.97. The van der Waals surface area contributed by atoms with Crippen molar-refractivity contribution in [2.24, 2.45) is 10.9 Å². The number of nitrogens with zero attached hydrogens (tertiary/aromatic N) is 2. The number of hydrogen-bond donors (Lipinski definition) is 2. The normalized spacial score (nSPS) is 16.3. The molecule has 2 aromatic rings. The van der Waals surface area contributed by atoms with Crippen molar-refractivity contribution in [2.45, 2.75) is 11.3 Å². The Balaban J connectivity index is 0.00000300. The van der Waals surface area contributed by atoms with Crippen LogP contribution in [0.25, 0.3) is 0 Å². The Morgan fingerprint density at radius 3 is 2.62 bits per heavy atom. The second kappa shape index (κ2) is 12.0. The first-order valence-electron chi connectivity index (χ1n) is 9.33. The summed E-state index contributed by atoms with van der Waals surface area (Å²) in [4.78, 5) is 19.9. The lowest BCUT2D eigenvalue weighted by Gasteiger charge is -2.21. The highest BCUT2D eigenvalue weighted by Crippen LogP contribution is 2.25. The van der Waals surface area contributed by atoms with Crippen molar-refractivity contribution >= 4 is 53.3 Å². The van der Waals surface area contributed by atoms with E-state index in [1.165, 1.54) is 29.2 Å². The van der Waals surface area contributed by atoms with Gasteiger partial charge in [0.1, 0.15) is 5.82 Å². The number of amides is 1. The standard InChI is InChI=1S/C21H25FN4OS.HI/c1-23-21(24-13-20(27)25-18-9-7-17(22)8-10-18)26-12-11-16(14-26)15-28-19-5-3-2-4-6-19;/h2-10,16H,11-15H2,1H3,(H,23,24)(H,25,27);1H. The minimum atomic E-state index is -0.328. The van der Waals surface area contributed by atoms with Crippen LogP contribution < -0.4 is 10.6 Å². The van der Waals surface area contributed by atoms with Crippen LogP contribution in [0.2, 0.25) is 0 Å². The van der Waals surface area contributed by atoms with Gasteiger partial charge in [-0.3, -0.25) is 9.79 Å². The number of anilines is 1. The van der Waals surface area contributed by atoms with Crippen LogP contribution in [0.3, 0.4) is 0 Å². The second-order valence-corrected chi connectivity index (χ2v) is 7.77. The van der Waals surface area contributed by atoms with Gasteiger partial charge in [-0.15, -0.1) is 35.7 Å². The fraction of sp³-hybridized carbons (Fsp3) is 0.333.